The number of halogens is 1. The van der Waals surface area contributed by atoms with Crippen molar-refractivity contribution in [2.45, 2.75) is 20.8 Å². The van der Waals surface area contributed by atoms with Gasteiger partial charge in [-0.25, -0.2) is 9.78 Å². The third-order valence-electron chi connectivity index (χ3n) is 4.40. The van der Waals surface area contributed by atoms with Crippen LogP contribution in [-0.2, 0) is 4.74 Å². The number of ketones is 1. The predicted octanol–water partition coefficient (Wildman–Crippen LogP) is 5.21. The van der Waals surface area contributed by atoms with E-state index in [-0.39, 0.29) is 18.0 Å². The molecule has 0 aliphatic rings. The zero-order valence-corrected chi connectivity index (χ0v) is 18.1. The fourth-order valence-corrected chi connectivity index (χ4v) is 5.74. The summed E-state index contributed by atoms with van der Waals surface area (Å²) in [6, 6.07) is 5.15. The summed E-state index contributed by atoms with van der Waals surface area (Å²) >= 11 is 8.71. The third-order valence-corrected chi connectivity index (χ3v) is 6.75. The number of nitrogens with one attached hydrogen (secondary N) is 1. The van der Waals surface area contributed by atoms with E-state index in [2.05, 4.69) is 9.97 Å². The minimum absolute atomic E-state index is 0.0666. The molecule has 4 rings (SSSR count). The molecule has 0 saturated heterocycles. The number of aromatic nitrogens is 2. The SMILES string of the molecule is CCOC(=O)c1cc(C)nc2sc3c(-c4ccc(Cl)s4)c(C(C)=O)c(=O)[nH]c3c12. The van der Waals surface area contributed by atoms with Crippen LogP contribution in [0.25, 0.3) is 30.9 Å². The fraction of sp³-hybridized carbons (Fsp3) is 0.200. The summed E-state index contributed by atoms with van der Waals surface area (Å²) in [6.07, 6.45) is 0. The number of fused-ring (bicyclic) bond motifs is 3. The Bertz CT molecular complexity index is 1370. The lowest BCUT2D eigenvalue weighted by atomic mass is 10.0. The van der Waals surface area contributed by atoms with Crippen molar-refractivity contribution >= 4 is 66.5 Å². The number of aromatic amines is 1. The molecule has 9 heteroatoms. The van der Waals surface area contributed by atoms with Crippen LogP contribution in [0, 0.1) is 6.92 Å². The van der Waals surface area contributed by atoms with Gasteiger partial charge >= 0.3 is 5.97 Å². The number of pyridine rings is 2. The highest BCUT2D eigenvalue weighted by Crippen LogP contribution is 2.43. The fourth-order valence-electron chi connectivity index (χ4n) is 3.31. The number of H-pyrrole nitrogens is 1. The van der Waals surface area contributed by atoms with Crippen LogP contribution in [-0.4, -0.2) is 28.3 Å². The van der Waals surface area contributed by atoms with Crippen LogP contribution in [0.3, 0.4) is 0 Å². The standard InChI is InChI=1S/C20H15ClN2O4S2/c1-4-27-20(26)10-7-8(2)22-19-14(10)16-17(29-19)15(11-5-6-12(21)28-11)13(9(3)24)18(25)23-16/h5-7H,4H2,1-3H3,(H,23,25). The van der Waals surface area contributed by atoms with Crippen molar-refractivity contribution in [3.05, 3.63) is 49.7 Å². The molecule has 0 atom stereocenters. The normalized spacial score (nSPS) is 11.3. The molecule has 0 aliphatic heterocycles. The number of thiophene rings is 2. The van der Waals surface area contributed by atoms with Crippen LogP contribution in [0.2, 0.25) is 4.34 Å². The molecule has 0 aliphatic carbocycles. The lowest BCUT2D eigenvalue weighted by Gasteiger charge is -2.07. The van der Waals surface area contributed by atoms with Gasteiger partial charge in [0.05, 0.1) is 37.7 Å². The predicted molar refractivity (Wildman–Crippen MR) is 117 cm³/mol. The second-order valence-corrected chi connectivity index (χ2v) is 9.10. The average Bonchev–Trinajstić information content (AvgIpc) is 3.23. The minimum atomic E-state index is -0.514. The summed E-state index contributed by atoms with van der Waals surface area (Å²) in [5, 5.41) is 0.519. The molecule has 29 heavy (non-hydrogen) atoms. The van der Waals surface area contributed by atoms with Gasteiger partial charge in [-0.3, -0.25) is 9.59 Å². The summed E-state index contributed by atoms with van der Waals surface area (Å²) in [5.74, 6) is -0.834. The zero-order valence-electron chi connectivity index (χ0n) is 15.7. The van der Waals surface area contributed by atoms with Crippen molar-refractivity contribution in [3.63, 3.8) is 0 Å². The van der Waals surface area contributed by atoms with E-state index >= 15 is 0 Å². The summed E-state index contributed by atoms with van der Waals surface area (Å²) in [4.78, 5) is 46.4. The maximum Gasteiger partial charge on any atom is 0.338 e. The quantitative estimate of drug-likeness (QED) is 0.343. The Morgan fingerprint density at radius 1 is 1.28 bits per heavy atom. The van der Waals surface area contributed by atoms with Crippen molar-refractivity contribution in [2.75, 3.05) is 6.61 Å². The van der Waals surface area contributed by atoms with E-state index in [0.717, 1.165) is 0 Å². The van der Waals surface area contributed by atoms with E-state index in [1.165, 1.54) is 29.6 Å². The van der Waals surface area contributed by atoms with E-state index in [4.69, 9.17) is 16.3 Å². The topological polar surface area (TPSA) is 89.1 Å². The largest absolute Gasteiger partial charge is 0.462 e. The van der Waals surface area contributed by atoms with E-state index in [0.29, 0.717) is 46.5 Å². The summed E-state index contributed by atoms with van der Waals surface area (Å²) in [7, 11) is 0. The third kappa shape index (κ3) is 3.27. The molecule has 0 fully saturated rings. The molecule has 4 heterocycles. The summed E-state index contributed by atoms with van der Waals surface area (Å²) in [6.45, 7) is 5.10. The van der Waals surface area contributed by atoms with Crippen LogP contribution >= 0.6 is 34.3 Å². The number of carbonyl (C=O) groups is 2. The number of esters is 1. The molecular weight excluding hydrogens is 432 g/mol. The maximum atomic E-state index is 12.9. The van der Waals surface area contributed by atoms with Crippen molar-refractivity contribution in [3.8, 4) is 10.4 Å². The Hall–Kier alpha value is -2.55. The van der Waals surface area contributed by atoms with Gasteiger partial charge in [0.2, 0.25) is 0 Å². The number of ether oxygens (including phenoxy) is 1. The second-order valence-electron chi connectivity index (χ2n) is 6.38. The first-order valence-corrected chi connectivity index (χ1v) is 10.8. The van der Waals surface area contributed by atoms with Crippen LogP contribution in [0.4, 0.5) is 0 Å². The van der Waals surface area contributed by atoms with Gasteiger partial charge in [0, 0.05) is 16.1 Å². The first-order chi connectivity index (χ1) is 13.8. The summed E-state index contributed by atoms with van der Waals surface area (Å²) in [5.41, 5.74) is 1.53. The Morgan fingerprint density at radius 2 is 2.03 bits per heavy atom. The molecule has 4 aromatic heterocycles. The molecule has 1 N–H and O–H groups in total. The van der Waals surface area contributed by atoms with Crippen LogP contribution < -0.4 is 5.56 Å². The van der Waals surface area contributed by atoms with Crippen LogP contribution in [0.1, 0.15) is 40.3 Å². The first kappa shape index (κ1) is 19.8. The molecule has 0 saturated carbocycles. The highest BCUT2D eigenvalue weighted by atomic mass is 35.5. The molecule has 4 aromatic rings. The highest BCUT2D eigenvalue weighted by Gasteiger charge is 2.25. The lowest BCUT2D eigenvalue weighted by molar-refractivity contribution is 0.0528. The monoisotopic (exact) mass is 446 g/mol. The van der Waals surface area contributed by atoms with Crippen molar-refractivity contribution in [1.29, 1.82) is 0 Å². The molecule has 148 valence electrons. The van der Waals surface area contributed by atoms with E-state index in [1.807, 2.05) is 0 Å². The second kappa shape index (κ2) is 7.37. The minimum Gasteiger partial charge on any atom is -0.462 e. The van der Waals surface area contributed by atoms with E-state index in [1.54, 1.807) is 32.0 Å². The first-order valence-electron chi connectivity index (χ1n) is 8.75. The molecular formula is C20H15ClN2O4S2. The van der Waals surface area contributed by atoms with Gasteiger partial charge < -0.3 is 9.72 Å². The molecule has 0 aromatic carbocycles. The lowest BCUT2D eigenvalue weighted by Crippen LogP contribution is -2.17. The van der Waals surface area contributed by atoms with E-state index < -0.39 is 11.5 Å². The molecule has 0 spiro atoms. The number of rotatable bonds is 4. The number of carbonyl (C=O) groups excluding carboxylic acids is 2. The van der Waals surface area contributed by atoms with Crippen molar-refractivity contribution in [2.24, 2.45) is 0 Å². The maximum absolute atomic E-state index is 12.9. The molecule has 0 amide bonds. The van der Waals surface area contributed by atoms with Gasteiger partial charge in [0.1, 0.15) is 4.83 Å². The number of hydrogen-bond donors (Lipinski definition) is 1. The average molecular weight is 447 g/mol. The molecule has 0 unspecified atom stereocenters. The number of aryl methyl sites for hydroxylation is 1. The van der Waals surface area contributed by atoms with Gasteiger partial charge in [-0.1, -0.05) is 11.6 Å². The van der Waals surface area contributed by atoms with Crippen molar-refractivity contribution < 1.29 is 14.3 Å². The number of Topliss-reactive ketones (excluding diaryl/α,β-unsaturated/α-hetero) is 1. The zero-order chi connectivity index (χ0) is 20.9. The van der Waals surface area contributed by atoms with Gasteiger partial charge in [0.15, 0.2) is 5.78 Å². The van der Waals surface area contributed by atoms with Gasteiger partial charge in [-0.05, 0) is 39.0 Å². The molecule has 0 bridgehead atoms. The van der Waals surface area contributed by atoms with Gasteiger partial charge in [0.25, 0.3) is 5.56 Å². The van der Waals surface area contributed by atoms with Crippen LogP contribution in [0.15, 0.2) is 23.0 Å². The summed E-state index contributed by atoms with van der Waals surface area (Å²) < 4.78 is 6.42. The highest BCUT2D eigenvalue weighted by molar-refractivity contribution is 7.26. The molecule has 6 nitrogen and oxygen atoms in total. The van der Waals surface area contributed by atoms with Gasteiger partial charge in [-0.15, -0.1) is 22.7 Å². The Balaban J connectivity index is 2.20. The molecule has 0 radical (unpaired) electrons. The van der Waals surface area contributed by atoms with Gasteiger partial charge in [-0.2, -0.15) is 0 Å². The number of hydrogen-bond acceptors (Lipinski definition) is 7. The smallest absolute Gasteiger partial charge is 0.338 e. The Kier molecular flexibility index (Phi) is 5.02. The van der Waals surface area contributed by atoms with E-state index in [9.17, 15) is 14.4 Å². The Morgan fingerprint density at radius 3 is 2.66 bits per heavy atom. The van der Waals surface area contributed by atoms with Crippen LogP contribution in [0.5, 0.6) is 0 Å². The number of nitrogens with zero attached hydrogens (tertiary/aromatic N) is 1. The van der Waals surface area contributed by atoms with Crippen molar-refractivity contribution in [1.82, 2.24) is 9.97 Å². The Labute approximate surface area is 178 Å².